The van der Waals surface area contributed by atoms with Gasteiger partial charge in [-0.3, -0.25) is 24.4 Å². The minimum Gasteiger partial charge on any atom is -0.480 e. The molecule has 83 heavy (non-hydrogen) atoms. The molecule has 8 nitrogen and oxygen atoms in total. The number of carboxylic acids is 1. The normalized spacial score (nSPS) is 13.0. The Hall–Kier alpha value is -8.05. The van der Waals surface area contributed by atoms with Gasteiger partial charge in [0.15, 0.2) is 0 Å². The third-order valence-corrected chi connectivity index (χ3v) is 20.0. The molecule has 0 fully saturated rings. The number of Topliss-reactive ketones (excluding diaryl/α,β-unsaturated/α-hetero) is 2. The van der Waals surface area contributed by atoms with Gasteiger partial charge in [-0.1, -0.05) is 147 Å². The lowest BCUT2D eigenvalue weighted by molar-refractivity contribution is -0.148. The molecule has 1 atom stereocenters. The van der Waals surface area contributed by atoms with Crippen LogP contribution in [-0.2, 0) is 30.6 Å². The van der Waals surface area contributed by atoms with E-state index in [1.807, 2.05) is 107 Å². The van der Waals surface area contributed by atoms with E-state index in [0.29, 0.717) is 57.6 Å². The Labute approximate surface area is 492 Å². The van der Waals surface area contributed by atoms with Crippen molar-refractivity contribution in [2.24, 2.45) is 11.8 Å². The Morgan fingerprint density at radius 1 is 0.518 bits per heavy atom. The number of ketones is 2. The molecule has 12 rings (SSSR count). The maximum atomic E-state index is 15.9. The third-order valence-electron chi connectivity index (χ3n) is 17.4. The number of pyridine rings is 2. The average molecular weight is 1130 g/mol. The van der Waals surface area contributed by atoms with Crippen LogP contribution in [0.15, 0.2) is 155 Å². The van der Waals surface area contributed by atoms with E-state index in [0.717, 1.165) is 96.0 Å². The Kier molecular flexibility index (Phi) is 14.0. The lowest BCUT2D eigenvalue weighted by atomic mass is 9.61. The highest BCUT2D eigenvalue weighted by Crippen LogP contribution is 2.56. The van der Waals surface area contributed by atoms with Crippen LogP contribution in [-0.4, -0.2) is 32.6 Å². The summed E-state index contributed by atoms with van der Waals surface area (Å²) in [5.74, 6) is -2.22. The van der Waals surface area contributed by atoms with Gasteiger partial charge in [0.05, 0.1) is 37.0 Å². The number of fused-ring (bicyclic) bond motifs is 6. The largest absolute Gasteiger partial charge is 0.480 e. The summed E-state index contributed by atoms with van der Waals surface area (Å²) >= 11 is 3.04. The van der Waals surface area contributed by atoms with Crippen molar-refractivity contribution >= 4 is 104 Å². The minimum atomic E-state index is -2.18. The topological polar surface area (TPSA) is 124 Å². The molecule has 6 aromatic carbocycles. The van der Waals surface area contributed by atoms with Gasteiger partial charge in [0.1, 0.15) is 39.7 Å². The fraction of sp³-hybridized carbons (Fsp3) is 0.274. The minimum absolute atomic E-state index is 0.0896. The smallest absolute Gasteiger partial charge is 0.319 e. The van der Waals surface area contributed by atoms with E-state index in [1.165, 1.54) is 22.7 Å². The van der Waals surface area contributed by atoms with Crippen molar-refractivity contribution < 1.29 is 28.3 Å². The molecule has 0 bridgehead atoms. The van der Waals surface area contributed by atoms with E-state index < -0.39 is 29.5 Å². The van der Waals surface area contributed by atoms with E-state index in [2.05, 4.69) is 102 Å². The first-order valence-corrected chi connectivity index (χ1v) is 30.6. The molecule has 0 spiro atoms. The molecule has 0 aliphatic carbocycles. The van der Waals surface area contributed by atoms with Crippen molar-refractivity contribution in [2.45, 2.75) is 118 Å². The van der Waals surface area contributed by atoms with Crippen LogP contribution < -0.4 is 0 Å². The number of aryl methyl sites for hydroxylation is 2. The van der Waals surface area contributed by atoms with Gasteiger partial charge in [0.25, 0.3) is 0 Å². The maximum absolute atomic E-state index is 15.9. The van der Waals surface area contributed by atoms with Crippen molar-refractivity contribution in [3.05, 3.63) is 179 Å². The summed E-state index contributed by atoms with van der Waals surface area (Å²) in [5.41, 5.74) is 6.47. The average Bonchev–Trinajstić information content (AvgIpc) is 3.21. The fourth-order valence-corrected chi connectivity index (χ4v) is 15.8. The molecular weight excluding hydrogens is 1060 g/mol. The summed E-state index contributed by atoms with van der Waals surface area (Å²) in [7, 11) is 0. The second-order valence-electron chi connectivity index (χ2n) is 24.5. The number of carbonyl (C=O) groups excluding carboxylic acids is 2. The van der Waals surface area contributed by atoms with Crippen molar-refractivity contribution in [1.82, 2.24) is 9.97 Å². The SMILES string of the molecule is CCC(CC)C(=O)CC(=O)C(CC)C(C(=O)O)(c1cnc(-c2cc(C(C)(C)C)c3ccccc3c2)c2sc(-c3cc4ccccc4o3)c(C)c12)c1cnc(-c2cc(C(C)(C)C)c3ccccc3c2)c2sc(-c3cc4ccccc4o3)c(C)c12. The Bertz CT molecular complexity index is 4260. The van der Waals surface area contributed by atoms with Crippen molar-refractivity contribution in [3.63, 3.8) is 0 Å². The predicted octanol–water partition coefficient (Wildman–Crippen LogP) is 19.9. The number of hydrogen-bond donors (Lipinski definition) is 1. The fourth-order valence-electron chi connectivity index (χ4n) is 13.2. The van der Waals surface area contributed by atoms with Crippen molar-refractivity contribution in [3.8, 4) is 43.8 Å². The Balaban J connectivity index is 1.23. The third kappa shape index (κ3) is 9.20. The highest BCUT2D eigenvalue weighted by molar-refractivity contribution is 7.23. The summed E-state index contributed by atoms with van der Waals surface area (Å²) in [6.07, 6.45) is 4.25. The van der Waals surface area contributed by atoms with Crippen LogP contribution in [0, 0.1) is 25.7 Å². The number of rotatable bonds is 15. The molecule has 0 saturated heterocycles. The summed E-state index contributed by atoms with van der Waals surface area (Å²) in [4.78, 5) is 58.8. The van der Waals surface area contributed by atoms with Crippen molar-refractivity contribution in [2.75, 3.05) is 0 Å². The molecular formula is C73H68N2O6S2. The number of aliphatic carboxylic acids is 1. The van der Waals surface area contributed by atoms with Crippen LogP contribution in [0.25, 0.3) is 107 Å². The first-order valence-electron chi connectivity index (χ1n) is 29.0. The van der Waals surface area contributed by atoms with Crippen LogP contribution >= 0.6 is 22.7 Å². The Morgan fingerprint density at radius 3 is 1.31 bits per heavy atom. The van der Waals surface area contributed by atoms with E-state index in [9.17, 15) is 9.90 Å². The molecule has 1 N–H and O–H groups in total. The van der Waals surface area contributed by atoms with Crippen LogP contribution in [0.4, 0.5) is 0 Å². The molecule has 0 amide bonds. The zero-order valence-electron chi connectivity index (χ0n) is 49.0. The molecule has 0 saturated carbocycles. The second-order valence-corrected chi connectivity index (χ2v) is 26.6. The molecule has 418 valence electrons. The first kappa shape index (κ1) is 55.5. The van der Waals surface area contributed by atoms with Crippen LogP contribution in [0.5, 0.6) is 0 Å². The van der Waals surface area contributed by atoms with Gasteiger partial charge in [0.2, 0.25) is 0 Å². The number of hydrogen-bond acceptors (Lipinski definition) is 9. The van der Waals surface area contributed by atoms with Gasteiger partial charge < -0.3 is 13.9 Å². The highest BCUT2D eigenvalue weighted by atomic mass is 32.1. The molecule has 0 radical (unpaired) electrons. The zero-order chi connectivity index (χ0) is 58.4. The second kappa shape index (κ2) is 21.0. The summed E-state index contributed by atoms with van der Waals surface area (Å²) in [6.45, 7) is 23.1. The van der Waals surface area contributed by atoms with E-state index >= 15 is 9.59 Å². The van der Waals surface area contributed by atoms with Crippen LogP contribution in [0.2, 0.25) is 0 Å². The quantitative estimate of drug-likeness (QED) is 0.101. The number of benzene rings is 6. The molecule has 0 aliphatic heterocycles. The molecule has 6 heterocycles. The van der Waals surface area contributed by atoms with Gasteiger partial charge in [-0.05, 0) is 136 Å². The molecule has 12 aromatic rings. The van der Waals surface area contributed by atoms with Crippen LogP contribution in [0.3, 0.4) is 0 Å². The number of aromatic nitrogens is 2. The lowest BCUT2D eigenvalue weighted by Crippen LogP contribution is -2.48. The number of para-hydroxylation sites is 2. The number of nitrogens with zero attached hydrogens (tertiary/aromatic N) is 2. The zero-order valence-corrected chi connectivity index (χ0v) is 50.7. The lowest BCUT2D eigenvalue weighted by Gasteiger charge is -2.38. The predicted molar refractivity (Wildman–Crippen MR) is 343 cm³/mol. The van der Waals surface area contributed by atoms with Gasteiger partial charge >= 0.3 is 5.97 Å². The Morgan fingerprint density at radius 2 is 0.928 bits per heavy atom. The van der Waals surface area contributed by atoms with Crippen molar-refractivity contribution in [1.29, 1.82) is 0 Å². The molecule has 1 unspecified atom stereocenters. The number of thiophene rings is 2. The standard InChI is InChI=1S/C73H68N2O6S2/c1-12-42(13-2)56(76)37-57(77)51(14-3)73(70(78)79,54-38-74-64(47-31-43-23-15-19-27-49(43)52(33-47)71(6,7)8)68-62(54)40(4)66(82-68)60-35-45-25-17-21-29-58(45)80-60)55-39-75-65(48-32-44-24-16-20-28-50(44)53(34-48)72(9,10)11)69-63(55)41(5)67(83-69)61-36-46-26-18-22-30-59(46)81-61/h15-36,38-39,42,51H,12-14,37H2,1-11H3,(H,78,79). The van der Waals surface area contributed by atoms with Gasteiger partial charge in [-0.2, -0.15) is 0 Å². The van der Waals surface area contributed by atoms with Gasteiger partial charge in [-0.25, -0.2) is 0 Å². The molecule has 0 aliphatic rings. The summed E-state index contributed by atoms with van der Waals surface area (Å²) in [6, 6.07) is 45.5. The highest BCUT2D eigenvalue weighted by Gasteiger charge is 2.55. The first-order chi connectivity index (χ1) is 39.8. The monoisotopic (exact) mass is 1130 g/mol. The maximum Gasteiger partial charge on any atom is 0.319 e. The number of carbonyl (C=O) groups is 3. The number of carboxylic acid groups (broad SMARTS) is 1. The number of furan rings is 2. The van der Waals surface area contributed by atoms with Crippen LogP contribution in [0.1, 0.15) is 121 Å². The van der Waals surface area contributed by atoms with Gasteiger partial charge in [0, 0.05) is 68.0 Å². The summed E-state index contributed by atoms with van der Waals surface area (Å²) < 4.78 is 14.9. The van der Waals surface area contributed by atoms with E-state index in [-0.39, 0.29) is 29.0 Å². The van der Waals surface area contributed by atoms with E-state index in [1.54, 1.807) is 12.4 Å². The van der Waals surface area contributed by atoms with Gasteiger partial charge in [-0.15, -0.1) is 22.7 Å². The molecule has 10 heteroatoms. The summed E-state index contributed by atoms with van der Waals surface area (Å²) in [5, 5.41) is 20.6. The molecule has 6 aromatic heterocycles. The van der Waals surface area contributed by atoms with E-state index in [4.69, 9.17) is 18.8 Å².